The number of β-amino-alcohol motifs (C(OH)–C–C–N with tert-alkyl or cyclic N) is 1. The van der Waals surface area contributed by atoms with E-state index in [1.165, 1.54) is 32.1 Å². The number of aliphatic hydroxyl groups excluding tert-OH is 2. The van der Waals surface area contributed by atoms with Crippen molar-refractivity contribution in [3.8, 4) is 0 Å². The summed E-state index contributed by atoms with van der Waals surface area (Å²) in [7, 11) is 0. The number of aliphatic hydroxyl groups is 2. The molecule has 0 aromatic carbocycles. The average Bonchev–Trinajstić information content (AvgIpc) is 2.41. The lowest BCUT2D eigenvalue weighted by molar-refractivity contribution is 0.0116. The van der Waals surface area contributed by atoms with Crippen LogP contribution in [0.2, 0.25) is 0 Å². The fourth-order valence-corrected chi connectivity index (χ4v) is 3.58. The highest BCUT2D eigenvalue weighted by Crippen LogP contribution is 2.26. The normalized spacial score (nSPS) is 28.7. The highest BCUT2D eigenvalue weighted by Gasteiger charge is 2.31. The summed E-state index contributed by atoms with van der Waals surface area (Å²) < 4.78 is 0. The van der Waals surface area contributed by atoms with Gasteiger partial charge >= 0.3 is 0 Å². The number of hydrogen-bond acceptors (Lipinski definition) is 4. The summed E-state index contributed by atoms with van der Waals surface area (Å²) in [5, 5.41) is 18.3. The van der Waals surface area contributed by atoms with Gasteiger partial charge in [-0.05, 0) is 19.3 Å². The Morgan fingerprint density at radius 1 is 0.944 bits per heavy atom. The lowest BCUT2D eigenvalue weighted by Gasteiger charge is -2.46. The van der Waals surface area contributed by atoms with Crippen LogP contribution < -0.4 is 0 Å². The van der Waals surface area contributed by atoms with Crippen LogP contribution >= 0.6 is 0 Å². The molecule has 0 aromatic rings. The lowest BCUT2D eigenvalue weighted by atomic mass is 9.92. The summed E-state index contributed by atoms with van der Waals surface area (Å²) in [5.41, 5.74) is 0. The van der Waals surface area contributed by atoms with Gasteiger partial charge in [0.1, 0.15) is 0 Å². The summed E-state index contributed by atoms with van der Waals surface area (Å²) in [5.74, 6) is 0. The van der Waals surface area contributed by atoms with Crippen LogP contribution in [0.15, 0.2) is 0 Å². The van der Waals surface area contributed by atoms with Gasteiger partial charge in [-0.2, -0.15) is 0 Å². The van der Waals surface area contributed by atoms with Crippen molar-refractivity contribution in [1.29, 1.82) is 0 Å². The first-order chi connectivity index (χ1) is 8.85. The lowest BCUT2D eigenvalue weighted by Crippen LogP contribution is -2.57. The molecular weight excluding hydrogens is 228 g/mol. The molecule has 106 valence electrons. The van der Waals surface area contributed by atoms with Gasteiger partial charge in [0.2, 0.25) is 0 Å². The van der Waals surface area contributed by atoms with Crippen LogP contribution in [0.1, 0.15) is 38.5 Å². The third-order valence-corrected chi connectivity index (χ3v) is 4.53. The van der Waals surface area contributed by atoms with Crippen molar-refractivity contribution >= 4 is 0 Å². The third kappa shape index (κ3) is 3.67. The predicted octanol–water partition coefficient (Wildman–Crippen LogP) is 0.680. The number of piperazine rings is 1. The van der Waals surface area contributed by atoms with E-state index in [1.54, 1.807) is 0 Å². The largest absolute Gasteiger partial charge is 0.396 e. The van der Waals surface area contributed by atoms with Gasteiger partial charge in [-0.25, -0.2) is 0 Å². The van der Waals surface area contributed by atoms with Gasteiger partial charge in [0, 0.05) is 44.9 Å². The molecule has 0 amide bonds. The maximum Gasteiger partial charge on any atom is 0.0558 e. The molecule has 4 nitrogen and oxygen atoms in total. The van der Waals surface area contributed by atoms with Gasteiger partial charge in [0.05, 0.1) is 6.61 Å². The molecule has 0 radical (unpaired) electrons. The Bertz CT molecular complexity index is 232. The van der Waals surface area contributed by atoms with E-state index in [2.05, 4.69) is 9.80 Å². The van der Waals surface area contributed by atoms with Gasteiger partial charge in [0.15, 0.2) is 0 Å². The quantitative estimate of drug-likeness (QED) is 0.759. The first-order valence-corrected chi connectivity index (χ1v) is 7.55. The zero-order valence-electron chi connectivity index (χ0n) is 11.4. The van der Waals surface area contributed by atoms with E-state index >= 15 is 0 Å². The van der Waals surface area contributed by atoms with Crippen molar-refractivity contribution in [2.24, 2.45) is 0 Å². The fourth-order valence-electron chi connectivity index (χ4n) is 3.58. The molecule has 1 aliphatic carbocycles. The molecule has 0 spiro atoms. The van der Waals surface area contributed by atoms with E-state index in [4.69, 9.17) is 5.11 Å². The topological polar surface area (TPSA) is 46.9 Å². The van der Waals surface area contributed by atoms with E-state index < -0.39 is 0 Å². The Morgan fingerprint density at radius 3 is 2.39 bits per heavy atom. The Hall–Kier alpha value is -0.160. The average molecular weight is 256 g/mol. The minimum atomic E-state index is 0.245. The summed E-state index contributed by atoms with van der Waals surface area (Å²) in [4.78, 5) is 4.98. The van der Waals surface area contributed by atoms with Gasteiger partial charge in [0.25, 0.3) is 0 Å². The molecule has 2 aliphatic rings. The van der Waals surface area contributed by atoms with Crippen LogP contribution in [0.4, 0.5) is 0 Å². The van der Waals surface area contributed by atoms with Crippen LogP contribution in [-0.2, 0) is 0 Å². The maximum atomic E-state index is 9.26. The van der Waals surface area contributed by atoms with Gasteiger partial charge in [-0.1, -0.05) is 19.3 Å². The van der Waals surface area contributed by atoms with Crippen molar-refractivity contribution in [3.05, 3.63) is 0 Å². The second-order valence-corrected chi connectivity index (χ2v) is 5.72. The van der Waals surface area contributed by atoms with Crippen LogP contribution in [0.3, 0.4) is 0 Å². The second-order valence-electron chi connectivity index (χ2n) is 5.72. The minimum absolute atomic E-state index is 0.245. The summed E-state index contributed by atoms with van der Waals surface area (Å²) >= 11 is 0. The predicted molar refractivity (Wildman–Crippen MR) is 72.6 cm³/mol. The Kier molecular flexibility index (Phi) is 5.89. The van der Waals surface area contributed by atoms with Gasteiger partial charge < -0.3 is 10.2 Å². The second kappa shape index (κ2) is 7.43. The monoisotopic (exact) mass is 256 g/mol. The molecule has 0 aromatic heterocycles. The molecule has 1 unspecified atom stereocenters. The highest BCUT2D eigenvalue weighted by molar-refractivity contribution is 4.87. The Morgan fingerprint density at radius 2 is 1.72 bits per heavy atom. The molecule has 2 N–H and O–H groups in total. The SMILES string of the molecule is OCCC1CN(CCO)CCN1C1CCCCC1. The Labute approximate surface area is 111 Å². The molecule has 2 fully saturated rings. The van der Waals surface area contributed by atoms with Crippen molar-refractivity contribution in [1.82, 2.24) is 9.80 Å². The molecule has 1 atom stereocenters. The van der Waals surface area contributed by atoms with Crippen molar-refractivity contribution in [3.63, 3.8) is 0 Å². The van der Waals surface area contributed by atoms with Crippen molar-refractivity contribution in [2.45, 2.75) is 50.6 Å². The zero-order chi connectivity index (χ0) is 12.8. The first-order valence-electron chi connectivity index (χ1n) is 7.55. The van der Waals surface area contributed by atoms with Crippen LogP contribution in [0, 0.1) is 0 Å². The first kappa shape index (κ1) is 14.3. The molecule has 4 heteroatoms. The molecule has 2 rings (SSSR count). The minimum Gasteiger partial charge on any atom is -0.396 e. The zero-order valence-corrected chi connectivity index (χ0v) is 11.4. The standard InChI is InChI=1S/C14H28N2O2/c17-10-6-14-12-15(9-11-18)7-8-16(14)13-4-2-1-3-5-13/h13-14,17-18H,1-12H2. The number of hydrogen-bond donors (Lipinski definition) is 2. The summed E-state index contributed by atoms with van der Waals surface area (Å²) in [6.45, 7) is 4.49. The number of nitrogens with zero attached hydrogens (tertiary/aromatic N) is 2. The van der Waals surface area contributed by atoms with Gasteiger partial charge in [-0.3, -0.25) is 9.80 Å². The van der Waals surface area contributed by atoms with Crippen molar-refractivity contribution in [2.75, 3.05) is 39.4 Å². The van der Waals surface area contributed by atoms with E-state index in [9.17, 15) is 5.11 Å². The number of rotatable bonds is 5. The molecular formula is C14H28N2O2. The summed E-state index contributed by atoms with van der Waals surface area (Å²) in [6, 6.07) is 1.23. The maximum absolute atomic E-state index is 9.26. The van der Waals surface area contributed by atoms with Crippen molar-refractivity contribution < 1.29 is 10.2 Å². The summed E-state index contributed by atoms with van der Waals surface area (Å²) in [6.07, 6.45) is 7.68. The highest BCUT2D eigenvalue weighted by atomic mass is 16.3. The van der Waals surface area contributed by atoms with E-state index in [0.29, 0.717) is 6.04 Å². The van der Waals surface area contributed by atoms with E-state index in [-0.39, 0.29) is 13.2 Å². The molecule has 1 saturated carbocycles. The van der Waals surface area contributed by atoms with E-state index in [0.717, 1.165) is 38.6 Å². The molecule has 1 aliphatic heterocycles. The molecule has 1 heterocycles. The molecule has 1 saturated heterocycles. The fraction of sp³-hybridized carbons (Fsp3) is 1.00. The Balaban J connectivity index is 1.91. The van der Waals surface area contributed by atoms with Crippen LogP contribution in [0.25, 0.3) is 0 Å². The molecule has 0 bridgehead atoms. The van der Waals surface area contributed by atoms with Crippen LogP contribution in [-0.4, -0.2) is 71.5 Å². The molecule has 18 heavy (non-hydrogen) atoms. The smallest absolute Gasteiger partial charge is 0.0558 e. The third-order valence-electron chi connectivity index (χ3n) is 4.53. The van der Waals surface area contributed by atoms with E-state index in [1.807, 2.05) is 0 Å². The van der Waals surface area contributed by atoms with Gasteiger partial charge in [-0.15, -0.1) is 0 Å². The van der Waals surface area contributed by atoms with Crippen LogP contribution in [0.5, 0.6) is 0 Å².